The van der Waals surface area contributed by atoms with Crippen molar-refractivity contribution in [1.29, 1.82) is 0 Å². The Morgan fingerprint density at radius 3 is 1.85 bits per heavy atom. The van der Waals surface area contributed by atoms with E-state index in [9.17, 15) is 17.6 Å². The molecule has 26 heavy (non-hydrogen) atoms. The highest BCUT2D eigenvalue weighted by molar-refractivity contribution is 5.74. The quantitative estimate of drug-likeness (QED) is 0.417. The van der Waals surface area contributed by atoms with E-state index < -0.39 is 17.6 Å². The summed E-state index contributed by atoms with van der Waals surface area (Å²) < 4.78 is 52.9. The van der Waals surface area contributed by atoms with Gasteiger partial charge in [-0.15, -0.1) is 0 Å². The topological polar surface area (TPSA) is 26.0 Å². The van der Waals surface area contributed by atoms with Crippen molar-refractivity contribution in [1.82, 2.24) is 0 Å². The van der Waals surface area contributed by atoms with E-state index in [4.69, 9.17) is 5.73 Å². The smallest absolute Gasteiger partial charge is 0.399 e. The second-order valence-corrected chi connectivity index (χ2v) is 6.30. The van der Waals surface area contributed by atoms with Crippen LogP contribution < -0.4 is 5.73 Å². The van der Waals surface area contributed by atoms with Gasteiger partial charge in [0.25, 0.3) is 0 Å². The lowest BCUT2D eigenvalue weighted by molar-refractivity contribution is -0.140. The number of hydrogen-bond donors (Lipinski definition) is 1. The zero-order valence-electron chi connectivity index (χ0n) is 14.3. The Balaban J connectivity index is 2.04. The van der Waals surface area contributed by atoms with Gasteiger partial charge in [0, 0.05) is 5.69 Å². The Morgan fingerprint density at radius 1 is 0.731 bits per heavy atom. The summed E-state index contributed by atoms with van der Waals surface area (Å²) in [4.78, 5) is 0. The zero-order chi connectivity index (χ0) is 19.1. The molecule has 0 aliphatic rings. The molecule has 3 rings (SSSR count). The van der Waals surface area contributed by atoms with Crippen LogP contribution in [0, 0.1) is 19.7 Å². The van der Waals surface area contributed by atoms with E-state index in [1.165, 1.54) is 13.0 Å². The molecule has 0 saturated heterocycles. The highest BCUT2D eigenvalue weighted by Crippen LogP contribution is 2.37. The number of nitrogens with two attached hydrogens (primary N) is 1. The maximum Gasteiger partial charge on any atom is 0.419 e. The first kappa shape index (κ1) is 18.0. The van der Waals surface area contributed by atoms with Crippen LogP contribution in [0.15, 0.2) is 54.6 Å². The minimum atomic E-state index is -4.71. The van der Waals surface area contributed by atoms with Gasteiger partial charge < -0.3 is 5.73 Å². The molecule has 0 atom stereocenters. The maximum absolute atomic E-state index is 14.1. The molecule has 0 fully saturated rings. The van der Waals surface area contributed by atoms with Gasteiger partial charge in [-0.05, 0) is 65.4 Å². The van der Waals surface area contributed by atoms with Crippen LogP contribution in [0.2, 0.25) is 0 Å². The lowest BCUT2D eigenvalue weighted by Gasteiger charge is -2.15. The van der Waals surface area contributed by atoms with Gasteiger partial charge in [0.2, 0.25) is 0 Å². The number of aryl methyl sites for hydroxylation is 2. The fourth-order valence-electron chi connectivity index (χ4n) is 3.10. The highest BCUT2D eigenvalue weighted by atomic mass is 19.4. The van der Waals surface area contributed by atoms with E-state index in [1.807, 2.05) is 31.2 Å². The van der Waals surface area contributed by atoms with Crippen molar-refractivity contribution in [3.63, 3.8) is 0 Å². The van der Waals surface area contributed by atoms with Crippen LogP contribution in [-0.4, -0.2) is 0 Å². The maximum atomic E-state index is 14.1. The Morgan fingerprint density at radius 2 is 1.31 bits per heavy atom. The minimum absolute atomic E-state index is 0.130. The van der Waals surface area contributed by atoms with Crippen LogP contribution in [0.4, 0.5) is 23.2 Å². The van der Waals surface area contributed by atoms with Gasteiger partial charge in [-0.2, -0.15) is 13.2 Å². The number of halogens is 4. The molecule has 134 valence electrons. The largest absolute Gasteiger partial charge is 0.419 e. The predicted octanol–water partition coefficient (Wildman–Crippen LogP) is 6.38. The van der Waals surface area contributed by atoms with E-state index >= 15 is 0 Å². The van der Waals surface area contributed by atoms with Crippen LogP contribution in [-0.2, 0) is 6.18 Å². The van der Waals surface area contributed by atoms with E-state index in [0.717, 1.165) is 22.8 Å². The second kappa shape index (κ2) is 6.48. The molecule has 0 spiro atoms. The number of anilines is 1. The first-order chi connectivity index (χ1) is 12.2. The Kier molecular flexibility index (Phi) is 4.48. The Labute approximate surface area is 149 Å². The van der Waals surface area contributed by atoms with Crippen molar-refractivity contribution >= 4 is 5.69 Å². The zero-order valence-corrected chi connectivity index (χ0v) is 14.3. The monoisotopic (exact) mass is 359 g/mol. The van der Waals surface area contributed by atoms with Crippen molar-refractivity contribution < 1.29 is 17.6 Å². The number of hydrogen-bond acceptors (Lipinski definition) is 1. The molecule has 5 heteroatoms. The summed E-state index contributed by atoms with van der Waals surface area (Å²) in [5.74, 6) is -1.26. The number of rotatable bonds is 2. The summed E-state index contributed by atoms with van der Waals surface area (Å²) in [5, 5.41) is 0. The average molecular weight is 359 g/mol. The summed E-state index contributed by atoms with van der Waals surface area (Å²) in [6.07, 6.45) is -4.71. The molecule has 3 aromatic rings. The van der Waals surface area contributed by atoms with Crippen molar-refractivity contribution in [3.05, 3.63) is 77.1 Å². The lowest BCUT2D eigenvalue weighted by atomic mass is 9.93. The van der Waals surface area contributed by atoms with Gasteiger partial charge in [-0.1, -0.05) is 36.4 Å². The van der Waals surface area contributed by atoms with E-state index in [2.05, 4.69) is 0 Å². The fourth-order valence-corrected chi connectivity index (χ4v) is 3.10. The molecule has 0 saturated carbocycles. The molecule has 0 aliphatic heterocycles. The highest BCUT2D eigenvalue weighted by Gasteiger charge is 2.36. The van der Waals surface area contributed by atoms with E-state index in [-0.39, 0.29) is 5.56 Å². The normalized spacial score (nSPS) is 11.6. The average Bonchev–Trinajstić information content (AvgIpc) is 2.53. The summed E-state index contributed by atoms with van der Waals surface area (Å²) in [7, 11) is 0. The molecule has 1 nitrogen and oxygen atoms in total. The summed E-state index contributed by atoms with van der Waals surface area (Å²) in [5.41, 5.74) is 8.91. The van der Waals surface area contributed by atoms with Gasteiger partial charge in [-0.3, -0.25) is 0 Å². The molecule has 2 N–H and O–H groups in total. The number of nitrogen functional groups attached to an aromatic ring is 1. The fraction of sp³-hybridized carbons (Fsp3) is 0.143. The molecule has 3 aromatic carbocycles. The molecular weight excluding hydrogens is 342 g/mol. The SMILES string of the molecule is Cc1cc(-c2ccc(N)cc2)ccc1-c1cc(C)c(C(F)(F)F)c(F)c1. The lowest BCUT2D eigenvalue weighted by Crippen LogP contribution is -2.10. The van der Waals surface area contributed by atoms with Gasteiger partial charge in [0.05, 0.1) is 5.56 Å². The molecule has 0 aliphatic carbocycles. The Bertz CT molecular complexity index is 934. The van der Waals surface area contributed by atoms with Crippen LogP contribution in [0.5, 0.6) is 0 Å². The Hall–Kier alpha value is -2.82. The summed E-state index contributed by atoms with van der Waals surface area (Å²) in [6.45, 7) is 3.12. The first-order valence-corrected chi connectivity index (χ1v) is 8.01. The van der Waals surface area contributed by atoms with Gasteiger partial charge in [-0.25, -0.2) is 4.39 Å². The molecule has 0 amide bonds. The third-order valence-corrected chi connectivity index (χ3v) is 4.35. The standard InChI is InChI=1S/C21H17F4N/c1-12-9-15(14-3-6-17(26)7-4-14)5-8-18(12)16-10-13(2)20(19(22)11-16)21(23,24)25/h3-11H,26H2,1-2H3. The molecule has 0 heterocycles. The van der Waals surface area contributed by atoms with E-state index in [1.54, 1.807) is 18.2 Å². The number of alkyl halides is 3. The third kappa shape index (κ3) is 3.43. The van der Waals surface area contributed by atoms with Crippen LogP contribution in [0.1, 0.15) is 16.7 Å². The van der Waals surface area contributed by atoms with Gasteiger partial charge in [0.15, 0.2) is 0 Å². The van der Waals surface area contributed by atoms with Crippen LogP contribution in [0.25, 0.3) is 22.3 Å². The molecule has 0 bridgehead atoms. The first-order valence-electron chi connectivity index (χ1n) is 8.01. The van der Waals surface area contributed by atoms with Gasteiger partial charge >= 0.3 is 6.18 Å². The predicted molar refractivity (Wildman–Crippen MR) is 96.2 cm³/mol. The summed E-state index contributed by atoms with van der Waals surface area (Å²) >= 11 is 0. The van der Waals surface area contributed by atoms with Gasteiger partial charge in [0.1, 0.15) is 5.82 Å². The molecule has 0 radical (unpaired) electrons. The molecule has 0 unspecified atom stereocenters. The summed E-state index contributed by atoms with van der Waals surface area (Å²) in [6, 6.07) is 15.3. The molecule has 0 aromatic heterocycles. The van der Waals surface area contributed by atoms with Crippen molar-refractivity contribution in [2.45, 2.75) is 20.0 Å². The van der Waals surface area contributed by atoms with Crippen molar-refractivity contribution in [2.24, 2.45) is 0 Å². The minimum Gasteiger partial charge on any atom is -0.399 e. The number of benzene rings is 3. The van der Waals surface area contributed by atoms with Crippen molar-refractivity contribution in [3.8, 4) is 22.3 Å². The van der Waals surface area contributed by atoms with Crippen LogP contribution in [0.3, 0.4) is 0 Å². The third-order valence-electron chi connectivity index (χ3n) is 4.35. The van der Waals surface area contributed by atoms with Crippen LogP contribution >= 0.6 is 0 Å². The second-order valence-electron chi connectivity index (χ2n) is 6.30. The molecular formula is C21H17F4N. The van der Waals surface area contributed by atoms with E-state index in [0.29, 0.717) is 16.8 Å². The van der Waals surface area contributed by atoms with Crippen molar-refractivity contribution in [2.75, 3.05) is 5.73 Å².